The third kappa shape index (κ3) is 4.08. The molecule has 96 valence electrons. The number of hydrogen-bond donors (Lipinski definition) is 0. The molecule has 0 amide bonds. The van der Waals surface area contributed by atoms with Crippen LogP contribution in [0.25, 0.3) is 0 Å². The average molecular weight is 308 g/mol. The van der Waals surface area contributed by atoms with Crippen molar-refractivity contribution in [1.82, 2.24) is 4.98 Å². The van der Waals surface area contributed by atoms with Crippen molar-refractivity contribution >= 4 is 40.6 Å². The average Bonchev–Trinajstić information content (AvgIpc) is 2.19. The van der Waals surface area contributed by atoms with Crippen LogP contribution in [0.5, 0.6) is 0 Å². The summed E-state index contributed by atoms with van der Waals surface area (Å²) in [6.07, 6.45) is -4.34. The topological polar surface area (TPSA) is 16.1 Å². The molecule has 17 heavy (non-hydrogen) atoms. The van der Waals surface area contributed by atoms with Crippen LogP contribution in [0.4, 0.5) is 19.0 Å². The van der Waals surface area contributed by atoms with Crippen LogP contribution in [0.15, 0.2) is 6.07 Å². The predicted molar refractivity (Wildman–Crippen MR) is 63.2 cm³/mol. The third-order valence-corrected chi connectivity index (χ3v) is 2.87. The normalized spacial score (nSPS) is 11.7. The van der Waals surface area contributed by atoms with E-state index in [1.54, 1.807) is 6.92 Å². The second-order valence-electron chi connectivity index (χ2n) is 3.20. The number of rotatable bonds is 3. The van der Waals surface area contributed by atoms with E-state index in [1.165, 1.54) is 6.07 Å². The van der Waals surface area contributed by atoms with Crippen molar-refractivity contribution in [1.29, 1.82) is 0 Å². The number of aromatic nitrogens is 1. The fraction of sp³-hybridized carbons (Fsp3) is 0.444. The maximum atomic E-state index is 12.3. The van der Waals surface area contributed by atoms with Crippen LogP contribution in [0.2, 0.25) is 15.2 Å². The summed E-state index contributed by atoms with van der Waals surface area (Å²) in [6.45, 7) is 0.518. The summed E-state index contributed by atoms with van der Waals surface area (Å²) in [7, 11) is 0. The highest BCUT2D eigenvalue weighted by atomic mass is 35.5. The van der Waals surface area contributed by atoms with Gasteiger partial charge in [0.1, 0.15) is 17.5 Å². The molecule has 8 heteroatoms. The largest absolute Gasteiger partial charge is 0.405 e. The summed E-state index contributed by atoms with van der Waals surface area (Å²) >= 11 is 17.1. The SMILES string of the molecule is CCN(CC(F)(F)F)c1nc(Cl)c(Cl)cc1Cl. The first-order chi connectivity index (χ1) is 7.74. The quantitative estimate of drug-likeness (QED) is 0.768. The van der Waals surface area contributed by atoms with Crippen LogP contribution in [0, 0.1) is 0 Å². The van der Waals surface area contributed by atoms with E-state index in [1.807, 2.05) is 0 Å². The summed E-state index contributed by atoms with van der Waals surface area (Å²) < 4.78 is 37.0. The second-order valence-corrected chi connectivity index (χ2v) is 4.37. The van der Waals surface area contributed by atoms with E-state index >= 15 is 0 Å². The first kappa shape index (κ1) is 14.7. The summed E-state index contributed by atoms with van der Waals surface area (Å²) in [4.78, 5) is 4.73. The van der Waals surface area contributed by atoms with Gasteiger partial charge in [-0.2, -0.15) is 13.2 Å². The number of nitrogens with zero attached hydrogens (tertiary/aromatic N) is 2. The summed E-state index contributed by atoms with van der Waals surface area (Å²) in [5, 5.41) is 0.0562. The number of anilines is 1. The maximum absolute atomic E-state index is 12.3. The molecule has 0 aliphatic rings. The van der Waals surface area contributed by atoms with Gasteiger partial charge in [0.05, 0.1) is 10.0 Å². The van der Waals surface area contributed by atoms with Gasteiger partial charge in [0, 0.05) is 6.54 Å². The molecule has 0 bridgehead atoms. The molecule has 0 aliphatic carbocycles. The van der Waals surface area contributed by atoms with Crippen LogP contribution in [-0.2, 0) is 0 Å². The van der Waals surface area contributed by atoms with E-state index in [0.29, 0.717) is 0 Å². The molecule has 2 nitrogen and oxygen atoms in total. The van der Waals surface area contributed by atoms with Crippen LogP contribution in [-0.4, -0.2) is 24.2 Å². The van der Waals surface area contributed by atoms with Crippen molar-refractivity contribution in [2.75, 3.05) is 18.0 Å². The zero-order valence-corrected chi connectivity index (χ0v) is 10.9. The summed E-state index contributed by atoms with van der Waals surface area (Å²) in [5.41, 5.74) is 0. The van der Waals surface area contributed by atoms with Gasteiger partial charge in [-0.25, -0.2) is 4.98 Å². The smallest absolute Gasteiger partial charge is 0.347 e. The van der Waals surface area contributed by atoms with E-state index in [-0.39, 0.29) is 27.6 Å². The van der Waals surface area contributed by atoms with E-state index in [0.717, 1.165) is 4.90 Å². The van der Waals surface area contributed by atoms with Gasteiger partial charge in [-0.05, 0) is 13.0 Å². The zero-order valence-electron chi connectivity index (χ0n) is 8.65. The summed E-state index contributed by atoms with van der Waals surface area (Å²) in [5.74, 6) is -0.0270. The molecule has 0 fully saturated rings. The molecular weight excluding hydrogens is 299 g/mol. The lowest BCUT2D eigenvalue weighted by molar-refractivity contribution is -0.119. The van der Waals surface area contributed by atoms with Crippen LogP contribution in [0.1, 0.15) is 6.92 Å². The zero-order chi connectivity index (χ0) is 13.2. The molecule has 0 N–H and O–H groups in total. The fourth-order valence-corrected chi connectivity index (χ4v) is 1.82. The second kappa shape index (κ2) is 5.50. The molecule has 0 aromatic carbocycles. The van der Waals surface area contributed by atoms with E-state index < -0.39 is 12.7 Å². The maximum Gasteiger partial charge on any atom is 0.405 e. The van der Waals surface area contributed by atoms with Crippen molar-refractivity contribution in [3.05, 3.63) is 21.3 Å². The Bertz CT molecular complexity index is 409. The lowest BCUT2D eigenvalue weighted by Gasteiger charge is -2.24. The molecular formula is C9H8Cl3F3N2. The molecule has 1 aromatic rings. The van der Waals surface area contributed by atoms with E-state index in [2.05, 4.69) is 4.98 Å². The molecule has 0 radical (unpaired) electrons. The van der Waals surface area contributed by atoms with Gasteiger partial charge in [-0.1, -0.05) is 34.8 Å². The van der Waals surface area contributed by atoms with Crippen molar-refractivity contribution in [2.24, 2.45) is 0 Å². The monoisotopic (exact) mass is 306 g/mol. The van der Waals surface area contributed by atoms with Crippen LogP contribution >= 0.6 is 34.8 Å². The predicted octanol–water partition coefficient (Wildman–Crippen LogP) is 4.43. The molecule has 0 saturated carbocycles. The Kier molecular flexibility index (Phi) is 4.75. The Morgan fingerprint density at radius 1 is 1.24 bits per heavy atom. The molecule has 0 saturated heterocycles. The Morgan fingerprint density at radius 2 is 1.82 bits per heavy atom. The lowest BCUT2D eigenvalue weighted by atomic mass is 10.4. The fourth-order valence-electron chi connectivity index (χ4n) is 1.21. The standard InChI is InChI=1S/C9H8Cl3F3N2/c1-2-17(4-9(13,14)15)8-6(11)3-5(10)7(12)16-8/h3H,2,4H2,1H3. The first-order valence-corrected chi connectivity index (χ1v) is 5.71. The van der Waals surface area contributed by atoms with Crippen molar-refractivity contribution in [3.8, 4) is 0 Å². The number of pyridine rings is 1. The minimum absolute atomic E-state index is 0.0270. The minimum atomic E-state index is -4.34. The van der Waals surface area contributed by atoms with Gasteiger partial charge in [0.15, 0.2) is 0 Å². The molecule has 1 aromatic heterocycles. The summed E-state index contributed by atoms with van der Waals surface area (Å²) in [6, 6.07) is 1.27. The van der Waals surface area contributed by atoms with Crippen LogP contribution < -0.4 is 4.90 Å². The third-order valence-electron chi connectivity index (χ3n) is 1.92. The first-order valence-electron chi connectivity index (χ1n) is 4.58. The Morgan fingerprint density at radius 3 is 2.29 bits per heavy atom. The van der Waals surface area contributed by atoms with Gasteiger partial charge in [0.25, 0.3) is 0 Å². The van der Waals surface area contributed by atoms with Crippen molar-refractivity contribution in [3.63, 3.8) is 0 Å². The molecule has 1 rings (SSSR count). The Hall–Kier alpha value is -0.390. The van der Waals surface area contributed by atoms with Gasteiger partial charge in [-0.15, -0.1) is 0 Å². The van der Waals surface area contributed by atoms with Crippen molar-refractivity contribution in [2.45, 2.75) is 13.1 Å². The van der Waals surface area contributed by atoms with E-state index in [9.17, 15) is 13.2 Å². The molecule has 1 heterocycles. The van der Waals surface area contributed by atoms with Crippen LogP contribution in [0.3, 0.4) is 0 Å². The van der Waals surface area contributed by atoms with Gasteiger partial charge in [0.2, 0.25) is 0 Å². The molecule has 0 spiro atoms. The van der Waals surface area contributed by atoms with Gasteiger partial charge in [-0.3, -0.25) is 0 Å². The van der Waals surface area contributed by atoms with E-state index in [4.69, 9.17) is 34.8 Å². The number of hydrogen-bond acceptors (Lipinski definition) is 2. The molecule has 0 unspecified atom stereocenters. The van der Waals surface area contributed by atoms with Gasteiger partial charge >= 0.3 is 6.18 Å². The number of halogens is 6. The Balaban J connectivity index is 3.08. The minimum Gasteiger partial charge on any atom is -0.347 e. The van der Waals surface area contributed by atoms with Crippen molar-refractivity contribution < 1.29 is 13.2 Å². The van der Waals surface area contributed by atoms with Gasteiger partial charge < -0.3 is 4.90 Å². The highest BCUT2D eigenvalue weighted by Gasteiger charge is 2.31. The number of alkyl halides is 3. The Labute approximate surface area is 111 Å². The highest BCUT2D eigenvalue weighted by Crippen LogP contribution is 2.32. The lowest BCUT2D eigenvalue weighted by Crippen LogP contribution is -2.34. The molecule has 0 aliphatic heterocycles. The molecule has 0 atom stereocenters. The highest BCUT2D eigenvalue weighted by molar-refractivity contribution is 6.42.